The number of hydrogen-bond acceptors (Lipinski definition) is 8. The first-order chi connectivity index (χ1) is 22.7. The number of carbonyl (C=O) groups excluding carboxylic acids is 1. The van der Waals surface area contributed by atoms with E-state index in [0.717, 1.165) is 11.1 Å². The molecule has 2 aliphatic rings. The molecule has 1 saturated heterocycles. The Bertz CT molecular complexity index is 1900. The van der Waals surface area contributed by atoms with Crippen LogP contribution in [-0.4, -0.2) is 102 Å². The number of ether oxygens (including phenoxy) is 1. The SMILES string of the molecule is CCOc1cc(Cl)c(S(=O)(=O)NC)cc1C1=N[C@@H](c2ccc(Cl)cc2)[C@@H](c2ccc(Cl)cc2)N1C(=O)N1CCN(CCS(C)(=O)=O)CC1. The second-order valence-corrected chi connectivity index (χ2v) is 16.9. The molecule has 0 aliphatic carbocycles. The normalized spacial score (nSPS) is 19.0. The molecular formula is C32H36Cl3N5O6S2. The van der Waals surface area contributed by atoms with E-state index in [-0.39, 0.29) is 45.5 Å². The van der Waals surface area contributed by atoms with Crippen molar-refractivity contribution < 1.29 is 26.4 Å². The Morgan fingerprint density at radius 3 is 2.04 bits per heavy atom. The maximum Gasteiger partial charge on any atom is 0.326 e. The standard InChI is InChI=1S/C32H36Cl3N5O6S2/c1-4-46-27-20-26(35)28(48(44,45)36-2)19-25(27)31-37-29(21-5-9-23(33)10-6-21)30(22-7-11-24(34)12-8-22)40(31)32(41)39-15-13-38(14-16-39)17-18-47(3,42)43/h5-12,19-20,29-30,36H,4,13-18H2,1-3H3/t29-,30+/m0/s1. The predicted molar refractivity (Wildman–Crippen MR) is 189 cm³/mol. The third-order valence-corrected chi connectivity index (χ3v) is 11.6. The highest BCUT2D eigenvalue weighted by atomic mass is 35.5. The number of urea groups is 1. The number of sulfonamides is 1. The number of piperazine rings is 1. The molecule has 2 atom stereocenters. The topological polar surface area (TPSA) is 129 Å². The van der Waals surface area contributed by atoms with Crippen LogP contribution in [0.5, 0.6) is 5.75 Å². The van der Waals surface area contributed by atoms with Crippen LogP contribution in [0.4, 0.5) is 4.79 Å². The maximum atomic E-state index is 14.8. The van der Waals surface area contributed by atoms with Gasteiger partial charge in [0.15, 0.2) is 0 Å². The summed E-state index contributed by atoms with van der Waals surface area (Å²) in [5.41, 5.74) is 1.78. The van der Waals surface area contributed by atoms with Gasteiger partial charge in [0.25, 0.3) is 0 Å². The van der Waals surface area contributed by atoms with Gasteiger partial charge in [-0.15, -0.1) is 0 Å². The summed E-state index contributed by atoms with van der Waals surface area (Å²) < 4.78 is 57.9. The number of nitrogens with one attached hydrogen (secondary N) is 1. The smallest absolute Gasteiger partial charge is 0.326 e. The Kier molecular flexibility index (Phi) is 11.3. The maximum absolute atomic E-state index is 14.8. The van der Waals surface area contributed by atoms with Gasteiger partial charge in [0.2, 0.25) is 10.0 Å². The highest BCUT2D eigenvalue weighted by Gasteiger charge is 2.45. The summed E-state index contributed by atoms with van der Waals surface area (Å²) in [6, 6.07) is 15.5. The molecule has 0 bridgehead atoms. The van der Waals surface area contributed by atoms with E-state index >= 15 is 0 Å². The molecule has 16 heteroatoms. The van der Waals surface area contributed by atoms with E-state index in [2.05, 4.69) is 4.72 Å². The van der Waals surface area contributed by atoms with E-state index in [1.807, 2.05) is 29.2 Å². The van der Waals surface area contributed by atoms with Crippen LogP contribution in [0.25, 0.3) is 0 Å². The summed E-state index contributed by atoms with van der Waals surface area (Å²) in [7, 11) is -5.87. The van der Waals surface area contributed by atoms with Crippen molar-refractivity contribution >= 4 is 66.5 Å². The minimum absolute atomic E-state index is 0.0277. The molecule has 1 fully saturated rings. The summed E-state index contributed by atoms with van der Waals surface area (Å²) in [4.78, 5) is 25.0. The zero-order valence-corrected chi connectivity index (χ0v) is 30.5. The fourth-order valence-electron chi connectivity index (χ4n) is 5.77. The van der Waals surface area contributed by atoms with Gasteiger partial charge in [0, 0.05) is 55.1 Å². The summed E-state index contributed by atoms with van der Waals surface area (Å²) in [6.07, 6.45) is 1.20. The van der Waals surface area contributed by atoms with Gasteiger partial charge in [-0.3, -0.25) is 14.8 Å². The van der Waals surface area contributed by atoms with Crippen LogP contribution in [0.15, 0.2) is 70.6 Å². The number of amides is 2. The van der Waals surface area contributed by atoms with Gasteiger partial charge in [-0.05, 0) is 55.4 Å². The first-order valence-corrected chi connectivity index (χ1v) is 19.9. The quantitative estimate of drug-likeness (QED) is 0.298. The molecule has 0 radical (unpaired) electrons. The largest absolute Gasteiger partial charge is 0.493 e. The van der Waals surface area contributed by atoms with Gasteiger partial charge in [0.1, 0.15) is 32.4 Å². The average Bonchev–Trinajstić information content (AvgIpc) is 3.44. The minimum atomic E-state index is -4.02. The number of rotatable bonds is 10. The van der Waals surface area contributed by atoms with E-state index in [1.165, 1.54) is 25.4 Å². The fourth-order valence-corrected chi connectivity index (χ4v) is 7.87. The molecule has 3 aromatic carbocycles. The van der Waals surface area contributed by atoms with Gasteiger partial charge < -0.3 is 9.64 Å². The lowest BCUT2D eigenvalue weighted by molar-refractivity contribution is 0.122. The molecule has 2 amide bonds. The van der Waals surface area contributed by atoms with Crippen LogP contribution in [0.2, 0.25) is 15.1 Å². The van der Waals surface area contributed by atoms with Crippen molar-refractivity contribution in [3.05, 3.63) is 92.4 Å². The Morgan fingerprint density at radius 2 is 1.50 bits per heavy atom. The molecule has 11 nitrogen and oxygen atoms in total. The number of nitrogens with zero attached hydrogens (tertiary/aromatic N) is 4. The molecule has 0 unspecified atom stereocenters. The van der Waals surface area contributed by atoms with E-state index in [0.29, 0.717) is 42.8 Å². The second kappa shape index (κ2) is 14.9. The van der Waals surface area contributed by atoms with Crippen molar-refractivity contribution in [3.63, 3.8) is 0 Å². The summed E-state index contributed by atoms with van der Waals surface area (Å²) in [5.74, 6) is 0.485. The molecule has 2 aliphatic heterocycles. The first kappa shape index (κ1) is 36.4. The molecule has 2 heterocycles. The molecule has 0 spiro atoms. The predicted octanol–water partition coefficient (Wildman–Crippen LogP) is 5.28. The molecule has 48 heavy (non-hydrogen) atoms. The summed E-state index contributed by atoms with van der Waals surface area (Å²) in [6.45, 7) is 4.01. The zero-order chi connectivity index (χ0) is 34.8. The van der Waals surface area contributed by atoms with Gasteiger partial charge in [-0.25, -0.2) is 26.4 Å². The third kappa shape index (κ3) is 8.10. The van der Waals surface area contributed by atoms with Crippen molar-refractivity contribution in [2.45, 2.75) is 23.9 Å². The van der Waals surface area contributed by atoms with Crippen molar-refractivity contribution in [1.29, 1.82) is 0 Å². The number of aliphatic imine (C=N–C) groups is 1. The van der Waals surface area contributed by atoms with Crippen LogP contribution in [0.1, 0.15) is 35.7 Å². The first-order valence-electron chi connectivity index (χ1n) is 15.2. The molecule has 258 valence electrons. The number of hydrogen-bond donors (Lipinski definition) is 1. The van der Waals surface area contributed by atoms with Crippen molar-refractivity contribution in [2.75, 3.05) is 58.4 Å². The third-order valence-electron chi connectivity index (χ3n) is 8.25. The lowest BCUT2D eigenvalue weighted by Gasteiger charge is -2.39. The molecule has 5 rings (SSSR count). The Balaban J connectivity index is 1.66. The molecule has 0 aromatic heterocycles. The highest BCUT2D eigenvalue weighted by molar-refractivity contribution is 7.90. The van der Waals surface area contributed by atoms with Crippen LogP contribution in [0.3, 0.4) is 0 Å². The van der Waals surface area contributed by atoms with Crippen LogP contribution in [0, 0.1) is 0 Å². The van der Waals surface area contributed by atoms with E-state index in [9.17, 15) is 21.6 Å². The summed E-state index contributed by atoms with van der Waals surface area (Å²) >= 11 is 19.0. The Morgan fingerprint density at radius 1 is 0.917 bits per heavy atom. The van der Waals surface area contributed by atoms with E-state index in [1.54, 1.807) is 41.0 Å². The van der Waals surface area contributed by atoms with E-state index < -0.39 is 31.9 Å². The number of benzene rings is 3. The number of halogens is 3. The molecule has 3 aromatic rings. The van der Waals surface area contributed by atoms with Crippen LogP contribution >= 0.6 is 34.8 Å². The molecule has 1 N–H and O–H groups in total. The Hall–Kier alpha value is -2.91. The van der Waals surface area contributed by atoms with Crippen molar-refractivity contribution in [1.82, 2.24) is 19.4 Å². The lowest BCUT2D eigenvalue weighted by atomic mass is 9.93. The number of carbonyl (C=O) groups is 1. The fraction of sp³-hybridized carbons (Fsp3) is 0.375. The van der Waals surface area contributed by atoms with Crippen LogP contribution < -0.4 is 9.46 Å². The molecule has 0 saturated carbocycles. The van der Waals surface area contributed by atoms with Gasteiger partial charge in [-0.1, -0.05) is 59.1 Å². The number of sulfone groups is 1. The monoisotopic (exact) mass is 755 g/mol. The van der Waals surface area contributed by atoms with Crippen molar-refractivity contribution in [3.8, 4) is 5.75 Å². The van der Waals surface area contributed by atoms with Gasteiger partial charge in [0.05, 0.1) is 29.0 Å². The highest BCUT2D eigenvalue weighted by Crippen LogP contribution is 2.46. The van der Waals surface area contributed by atoms with E-state index in [4.69, 9.17) is 44.5 Å². The lowest BCUT2D eigenvalue weighted by Crippen LogP contribution is -2.54. The van der Waals surface area contributed by atoms with Crippen molar-refractivity contribution in [2.24, 2.45) is 4.99 Å². The van der Waals surface area contributed by atoms with Crippen LogP contribution in [-0.2, 0) is 19.9 Å². The number of amidine groups is 1. The molecular weight excluding hydrogens is 721 g/mol. The van der Waals surface area contributed by atoms with Gasteiger partial charge >= 0.3 is 6.03 Å². The second-order valence-electron chi connectivity index (χ2n) is 11.5. The summed E-state index contributed by atoms with van der Waals surface area (Å²) in [5, 5.41) is 0.993. The van der Waals surface area contributed by atoms with Gasteiger partial charge in [-0.2, -0.15) is 0 Å². The average molecular weight is 757 g/mol. The minimum Gasteiger partial charge on any atom is -0.493 e. The Labute approximate surface area is 296 Å². The zero-order valence-electron chi connectivity index (χ0n) is 26.6.